The molecule has 4 aromatic rings. The van der Waals surface area contributed by atoms with Crippen molar-refractivity contribution in [1.29, 1.82) is 0 Å². The second-order valence-electron chi connectivity index (χ2n) is 7.38. The van der Waals surface area contributed by atoms with Gasteiger partial charge in [-0.15, -0.1) is 10.2 Å². The summed E-state index contributed by atoms with van der Waals surface area (Å²) >= 11 is 1.26. The lowest BCUT2D eigenvalue weighted by molar-refractivity contribution is -0.113. The van der Waals surface area contributed by atoms with Gasteiger partial charge in [0.2, 0.25) is 5.91 Å². The fourth-order valence-corrected chi connectivity index (χ4v) is 4.06. The third-order valence-corrected chi connectivity index (χ3v) is 6.20. The molecule has 0 saturated heterocycles. The first-order valence-electron chi connectivity index (χ1n) is 10.2. The average molecular weight is 463 g/mol. The van der Waals surface area contributed by atoms with Gasteiger partial charge < -0.3 is 19.7 Å². The van der Waals surface area contributed by atoms with Gasteiger partial charge in [0.25, 0.3) is 0 Å². The van der Waals surface area contributed by atoms with E-state index < -0.39 is 5.97 Å². The molecule has 33 heavy (non-hydrogen) atoms. The van der Waals surface area contributed by atoms with Crippen molar-refractivity contribution in [2.24, 2.45) is 7.05 Å². The second-order valence-corrected chi connectivity index (χ2v) is 8.32. The van der Waals surface area contributed by atoms with E-state index in [-0.39, 0.29) is 23.8 Å². The summed E-state index contributed by atoms with van der Waals surface area (Å²) in [5, 5.41) is 22.9. The number of anilines is 1. The number of carbonyl (C=O) groups is 2. The van der Waals surface area contributed by atoms with Crippen molar-refractivity contribution >= 4 is 40.1 Å². The Labute approximate surface area is 194 Å². The number of amides is 1. The highest BCUT2D eigenvalue weighted by Crippen LogP contribution is 2.28. The number of carbonyl (C=O) groups excluding carboxylic acids is 1. The topological polar surface area (TPSA) is 106 Å². The third kappa shape index (κ3) is 5.15. The number of rotatable bonds is 8. The van der Waals surface area contributed by atoms with Gasteiger partial charge in [-0.2, -0.15) is 0 Å². The predicted molar refractivity (Wildman–Crippen MR) is 127 cm³/mol. The van der Waals surface area contributed by atoms with E-state index in [4.69, 9.17) is 9.84 Å². The Balaban J connectivity index is 1.33. The summed E-state index contributed by atoms with van der Waals surface area (Å²) in [5.41, 5.74) is 1.76. The van der Waals surface area contributed by atoms with Crippen LogP contribution in [0.2, 0.25) is 0 Å². The lowest BCUT2D eigenvalue weighted by Gasteiger charge is -2.11. The van der Waals surface area contributed by atoms with Gasteiger partial charge in [0.1, 0.15) is 12.4 Å². The molecule has 8 nitrogen and oxygen atoms in total. The summed E-state index contributed by atoms with van der Waals surface area (Å²) in [6.07, 6.45) is 0. The monoisotopic (exact) mass is 462 g/mol. The molecule has 0 spiro atoms. The van der Waals surface area contributed by atoms with Crippen molar-refractivity contribution in [1.82, 2.24) is 14.8 Å². The Bertz CT molecular complexity index is 1320. The molecule has 9 heteroatoms. The zero-order chi connectivity index (χ0) is 23.4. The molecule has 0 fully saturated rings. The molecule has 4 rings (SSSR count). The van der Waals surface area contributed by atoms with E-state index in [0.717, 1.165) is 22.1 Å². The van der Waals surface area contributed by atoms with Crippen LogP contribution >= 0.6 is 11.8 Å². The van der Waals surface area contributed by atoms with E-state index in [9.17, 15) is 9.59 Å². The number of benzene rings is 3. The molecule has 3 aromatic carbocycles. The van der Waals surface area contributed by atoms with Crippen LogP contribution in [-0.2, 0) is 18.4 Å². The van der Waals surface area contributed by atoms with Crippen molar-refractivity contribution in [2.75, 3.05) is 11.1 Å². The first kappa shape index (κ1) is 22.3. The van der Waals surface area contributed by atoms with Gasteiger partial charge in [0, 0.05) is 12.7 Å². The molecule has 0 bridgehead atoms. The number of ether oxygens (including phenoxy) is 1. The molecule has 2 N–H and O–H groups in total. The number of hydrogen-bond acceptors (Lipinski definition) is 6. The molecule has 0 aliphatic carbocycles. The lowest BCUT2D eigenvalue weighted by Crippen LogP contribution is -2.14. The number of fused-ring (bicyclic) bond motifs is 1. The molecule has 1 amide bonds. The maximum absolute atomic E-state index is 12.2. The van der Waals surface area contributed by atoms with Gasteiger partial charge in [-0.05, 0) is 53.6 Å². The number of hydrogen-bond donors (Lipinski definition) is 2. The maximum atomic E-state index is 12.2. The summed E-state index contributed by atoms with van der Waals surface area (Å²) in [6, 6.07) is 18.1. The van der Waals surface area contributed by atoms with Crippen LogP contribution in [0.25, 0.3) is 10.8 Å². The van der Waals surface area contributed by atoms with Crippen molar-refractivity contribution in [3.63, 3.8) is 0 Å². The third-order valence-electron chi connectivity index (χ3n) is 5.18. The van der Waals surface area contributed by atoms with Gasteiger partial charge in [0.15, 0.2) is 11.0 Å². The standard InChI is InChI=1S/C24H22N4O4S/c1-15-19-6-4-3-5-16(19)9-12-20(15)32-13-21-26-27-24(28(21)2)33-14-22(29)25-18-10-7-17(8-11-18)23(30)31/h3-12H,13-14H2,1-2H3,(H,25,29)(H,30,31). The Kier molecular flexibility index (Phi) is 6.60. The Morgan fingerprint density at radius 2 is 1.82 bits per heavy atom. The summed E-state index contributed by atoms with van der Waals surface area (Å²) < 4.78 is 7.80. The predicted octanol–water partition coefficient (Wildman–Crippen LogP) is 4.28. The number of nitrogens with zero attached hydrogens (tertiary/aromatic N) is 3. The molecule has 0 radical (unpaired) electrons. The summed E-state index contributed by atoms with van der Waals surface area (Å²) in [4.78, 5) is 23.2. The zero-order valence-electron chi connectivity index (χ0n) is 18.1. The minimum absolute atomic E-state index is 0.136. The summed E-state index contributed by atoms with van der Waals surface area (Å²) in [6.45, 7) is 2.29. The number of nitrogens with one attached hydrogen (secondary N) is 1. The largest absolute Gasteiger partial charge is 0.485 e. The van der Waals surface area contributed by atoms with Gasteiger partial charge in [-0.1, -0.05) is 42.1 Å². The van der Waals surface area contributed by atoms with E-state index in [1.165, 1.54) is 23.9 Å². The second kappa shape index (κ2) is 9.74. The van der Waals surface area contributed by atoms with E-state index in [2.05, 4.69) is 27.6 Å². The molecule has 1 aromatic heterocycles. The average Bonchev–Trinajstić information content (AvgIpc) is 3.17. The molecule has 0 atom stereocenters. The lowest BCUT2D eigenvalue weighted by atomic mass is 10.0. The van der Waals surface area contributed by atoms with Gasteiger partial charge in [0.05, 0.1) is 11.3 Å². The molecule has 0 saturated carbocycles. The van der Waals surface area contributed by atoms with Gasteiger partial charge in [-0.3, -0.25) is 4.79 Å². The van der Waals surface area contributed by atoms with E-state index in [1.54, 1.807) is 16.7 Å². The van der Waals surface area contributed by atoms with Crippen molar-refractivity contribution in [3.8, 4) is 5.75 Å². The highest BCUT2D eigenvalue weighted by Gasteiger charge is 2.13. The molecular formula is C24H22N4O4S. The fraction of sp³-hybridized carbons (Fsp3) is 0.167. The number of aryl methyl sites for hydroxylation is 1. The van der Waals surface area contributed by atoms with E-state index >= 15 is 0 Å². The van der Waals surface area contributed by atoms with Gasteiger partial charge in [-0.25, -0.2) is 4.79 Å². The number of carboxylic acid groups (broad SMARTS) is 1. The molecular weight excluding hydrogens is 440 g/mol. The Morgan fingerprint density at radius 3 is 2.58 bits per heavy atom. The number of aromatic carboxylic acids is 1. The smallest absolute Gasteiger partial charge is 0.335 e. The van der Waals surface area contributed by atoms with Crippen LogP contribution in [0, 0.1) is 6.92 Å². The van der Waals surface area contributed by atoms with Crippen LogP contribution in [0.5, 0.6) is 5.75 Å². The first-order valence-corrected chi connectivity index (χ1v) is 11.2. The molecule has 1 heterocycles. The van der Waals surface area contributed by atoms with E-state index in [1.807, 2.05) is 38.2 Å². The minimum atomic E-state index is -1.01. The highest BCUT2D eigenvalue weighted by atomic mass is 32.2. The first-order chi connectivity index (χ1) is 15.9. The quantitative estimate of drug-likeness (QED) is 0.376. The van der Waals surface area contributed by atoms with Crippen molar-refractivity contribution < 1.29 is 19.4 Å². The van der Waals surface area contributed by atoms with Crippen molar-refractivity contribution in [3.05, 3.63) is 77.6 Å². The molecule has 168 valence electrons. The molecule has 0 aliphatic rings. The Hall–Kier alpha value is -3.85. The fourth-order valence-electron chi connectivity index (χ4n) is 3.33. The number of thioether (sulfide) groups is 1. The number of carboxylic acids is 1. The molecule has 0 unspecified atom stereocenters. The number of aromatic nitrogens is 3. The van der Waals surface area contributed by atoms with Crippen LogP contribution in [0.15, 0.2) is 65.8 Å². The van der Waals surface area contributed by atoms with Crippen LogP contribution < -0.4 is 10.1 Å². The summed E-state index contributed by atoms with van der Waals surface area (Å²) in [5.74, 6) is 0.336. The molecule has 0 aliphatic heterocycles. The summed E-state index contributed by atoms with van der Waals surface area (Å²) in [7, 11) is 1.83. The van der Waals surface area contributed by atoms with Crippen LogP contribution in [0.3, 0.4) is 0 Å². The maximum Gasteiger partial charge on any atom is 0.335 e. The highest BCUT2D eigenvalue weighted by molar-refractivity contribution is 7.99. The van der Waals surface area contributed by atoms with Crippen LogP contribution in [-0.4, -0.2) is 37.5 Å². The van der Waals surface area contributed by atoms with Crippen molar-refractivity contribution in [2.45, 2.75) is 18.7 Å². The van der Waals surface area contributed by atoms with Crippen LogP contribution in [0.4, 0.5) is 5.69 Å². The van der Waals surface area contributed by atoms with E-state index in [0.29, 0.717) is 16.7 Å². The zero-order valence-corrected chi connectivity index (χ0v) is 18.9. The van der Waals surface area contributed by atoms with Gasteiger partial charge >= 0.3 is 5.97 Å². The normalized spacial score (nSPS) is 10.8. The Morgan fingerprint density at radius 1 is 1.06 bits per heavy atom. The van der Waals surface area contributed by atoms with Crippen LogP contribution in [0.1, 0.15) is 21.7 Å². The minimum Gasteiger partial charge on any atom is -0.485 e. The SMILES string of the molecule is Cc1c(OCc2nnc(SCC(=O)Nc3ccc(C(=O)O)cc3)n2C)ccc2ccccc12.